The first kappa shape index (κ1) is 23.9. The van der Waals surface area contributed by atoms with E-state index in [9.17, 15) is 9.59 Å². The molecule has 0 aliphatic heterocycles. The van der Waals surface area contributed by atoms with Gasteiger partial charge in [-0.2, -0.15) is 0 Å². The van der Waals surface area contributed by atoms with Crippen LogP contribution in [-0.2, 0) is 9.59 Å². The molecule has 0 aliphatic carbocycles. The molecule has 1 amide bonds. The van der Waals surface area contributed by atoms with Gasteiger partial charge in [-0.05, 0) is 12.5 Å². The van der Waals surface area contributed by atoms with Gasteiger partial charge in [0.05, 0.1) is 6.54 Å². The Morgan fingerprint density at radius 3 is 1.52 bits per heavy atom. The minimum atomic E-state index is -0.273. The molecule has 146 valence electrons. The van der Waals surface area contributed by atoms with Crippen LogP contribution in [-0.4, -0.2) is 18.2 Å². The smallest absolute Gasteiger partial charge is 0.243 e. The molecule has 25 heavy (non-hydrogen) atoms. The van der Waals surface area contributed by atoms with Crippen molar-refractivity contribution in [1.29, 1.82) is 0 Å². The maximum Gasteiger partial charge on any atom is 0.243 e. The van der Waals surface area contributed by atoms with Crippen molar-refractivity contribution in [3.05, 3.63) is 12.7 Å². The lowest BCUT2D eigenvalue weighted by Gasteiger charge is -2.04. The van der Waals surface area contributed by atoms with Gasteiger partial charge in [-0.25, -0.2) is 0 Å². The third-order valence-electron chi connectivity index (χ3n) is 4.70. The highest BCUT2D eigenvalue weighted by atomic mass is 16.2. The molecule has 0 rings (SSSR count). The van der Waals surface area contributed by atoms with Gasteiger partial charge in [0.2, 0.25) is 5.91 Å². The summed E-state index contributed by atoms with van der Waals surface area (Å²) in [6.45, 7) is 5.77. The zero-order valence-corrected chi connectivity index (χ0v) is 16.6. The van der Waals surface area contributed by atoms with Gasteiger partial charge in [0.15, 0.2) is 5.78 Å². The fourth-order valence-corrected chi connectivity index (χ4v) is 3.04. The molecule has 0 aromatic heterocycles. The number of Topliss-reactive ketones (excluding diaryl/α,β-unsaturated/α-hetero) is 1. The SMILES string of the molecule is C=CC(=O)NCC(=O)CCCCCCCCCCCCCCCCC. The minimum absolute atomic E-state index is 0.116. The van der Waals surface area contributed by atoms with E-state index < -0.39 is 0 Å². The molecule has 0 heterocycles. The second-order valence-electron chi connectivity index (χ2n) is 7.16. The highest BCUT2D eigenvalue weighted by Crippen LogP contribution is 2.13. The molecule has 0 aliphatic rings. The molecule has 0 saturated heterocycles. The molecule has 1 N–H and O–H groups in total. The molecule has 0 unspecified atom stereocenters. The van der Waals surface area contributed by atoms with Crippen LogP contribution in [0.5, 0.6) is 0 Å². The first-order valence-corrected chi connectivity index (χ1v) is 10.6. The molecule has 0 fully saturated rings. The summed E-state index contributed by atoms with van der Waals surface area (Å²) in [5, 5.41) is 2.53. The van der Waals surface area contributed by atoms with Gasteiger partial charge in [0.1, 0.15) is 0 Å². The topological polar surface area (TPSA) is 46.2 Å². The second-order valence-corrected chi connectivity index (χ2v) is 7.16. The Bertz CT molecular complexity index is 339. The van der Waals surface area contributed by atoms with Crippen LogP contribution in [0.1, 0.15) is 110 Å². The van der Waals surface area contributed by atoms with Crippen LogP contribution < -0.4 is 5.32 Å². The van der Waals surface area contributed by atoms with Gasteiger partial charge < -0.3 is 5.32 Å². The summed E-state index contributed by atoms with van der Waals surface area (Å²) in [7, 11) is 0. The summed E-state index contributed by atoms with van der Waals surface area (Å²) in [6.07, 6.45) is 21.7. The number of rotatable bonds is 19. The number of carbonyl (C=O) groups is 2. The molecule has 0 aromatic carbocycles. The molecule has 0 atom stereocenters. The van der Waals surface area contributed by atoms with E-state index in [4.69, 9.17) is 0 Å². The number of ketones is 1. The molecular weight excluding hydrogens is 310 g/mol. The molecular formula is C22H41NO2. The zero-order valence-electron chi connectivity index (χ0n) is 16.6. The van der Waals surface area contributed by atoms with E-state index in [1.165, 1.54) is 89.5 Å². The van der Waals surface area contributed by atoms with Gasteiger partial charge in [-0.3, -0.25) is 9.59 Å². The maximum absolute atomic E-state index is 11.5. The Morgan fingerprint density at radius 1 is 0.720 bits per heavy atom. The van der Waals surface area contributed by atoms with E-state index >= 15 is 0 Å². The first-order valence-electron chi connectivity index (χ1n) is 10.6. The zero-order chi connectivity index (χ0) is 18.6. The summed E-state index contributed by atoms with van der Waals surface area (Å²) in [5.74, 6) is -0.158. The number of hydrogen-bond donors (Lipinski definition) is 1. The van der Waals surface area contributed by atoms with Gasteiger partial charge in [0, 0.05) is 6.42 Å². The van der Waals surface area contributed by atoms with Crippen molar-refractivity contribution in [2.75, 3.05) is 6.54 Å². The lowest BCUT2D eigenvalue weighted by Crippen LogP contribution is -2.27. The fourth-order valence-electron chi connectivity index (χ4n) is 3.04. The average molecular weight is 352 g/mol. The number of hydrogen-bond acceptors (Lipinski definition) is 2. The van der Waals surface area contributed by atoms with Crippen LogP contribution >= 0.6 is 0 Å². The molecule has 0 radical (unpaired) electrons. The van der Waals surface area contributed by atoms with Crippen LogP contribution in [0.3, 0.4) is 0 Å². The van der Waals surface area contributed by atoms with Crippen molar-refractivity contribution in [3.63, 3.8) is 0 Å². The van der Waals surface area contributed by atoms with Crippen LogP contribution in [0, 0.1) is 0 Å². The Morgan fingerprint density at radius 2 is 1.12 bits per heavy atom. The van der Waals surface area contributed by atoms with Crippen LogP contribution in [0.4, 0.5) is 0 Å². The summed E-state index contributed by atoms with van der Waals surface area (Å²) >= 11 is 0. The Kier molecular flexibility index (Phi) is 18.3. The normalized spacial score (nSPS) is 10.6. The van der Waals surface area contributed by atoms with E-state index in [0.717, 1.165) is 12.8 Å². The van der Waals surface area contributed by atoms with E-state index in [-0.39, 0.29) is 18.2 Å². The molecule has 0 bridgehead atoms. The average Bonchev–Trinajstić information content (AvgIpc) is 2.62. The fraction of sp³-hybridized carbons (Fsp3) is 0.818. The Hall–Kier alpha value is -1.12. The number of amides is 1. The highest BCUT2D eigenvalue weighted by molar-refractivity contribution is 5.91. The van der Waals surface area contributed by atoms with Crippen molar-refractivity contribution in [2.24, 2.45) is 0 Å². The van der Waals surface area contributed by atoms with Crippen molar-refractivity contribution in [1.82, 2.24) is 5.32 Å². The lowest BCUT2D eigenvalue weighted by atomic mass is 10.0. The summed E-state index contributed by atoms with van der Waals surface area (Å²) in [6, 6.07) is 0. The largest absolute Gasteiger partial charge is 0.345 e. The molecule has 0 spiro atoms. The van der Waals surface area contributed by atoms with Crippen molar-refractivity contribution in [2.45, 2.75) is 110 Å². The summed E-state index contributed by atoms with van der Waals surface area (Å²) < 4.78 is 0. The first-order chi connectivity index (χ1) is 12.2. The second kappa shape index (κ2) is 19.2. The van der Waals surface area contributed by atoms with Gasteiger partial charge >= 0.3 is 0 Å². The molecule has 3 heteroatoms. The van der Waals surface area contributed by atoms with Gasteiger partial charge in [-0.1, -0.05) is 103 Å². The van der Waals surface area contributed by atoms with Crippen LogP contribution in [0.2, 0.25) is 0 Å². The summed E-state index contributed by atoms with van der Waals surface area (Å²) in [4.78, 5) is 22.5. The Balaban J connectivity index is 3.15. The third-order valence-corrected chi connectivity index (χ3v) is 4.70. The van der Waals surface area contributed by atoms with E-state index in [2.05, 4.69) is 18.8 Å². The standard InChI is InChI=1S/C22H41NO2/c1-3-5-6-7-8-9-10-11-12-13-14-15-16-17-18-19-21(24)20-23-22(25)4-2/h4H,2-3,5-20H2,1H3,(H,23,25). The van der Waals surface area contributed by atoms with Gasteiger partial charge in [-0.15, -0.1) is 0 Å². The highest BCUT2D eigenvalue weighted by Gasteiger charge is 2.03. The van der Waals surface area contributed by atoms with Crippen molar-refractivity contribution < 1.29 is 9.59 Å². The predicted octanol–water partition coefficient (Wildman–Crippen LogP) is 6.12. The number of carbonyl (C=O) groups excluding carboxylic acids is 2. The van der Waals surface area contributed by atoms with Crippen molar-refractivity contribution in [3.8, 4) is 0 Å². The number of unbranched alkanes of at least 4 members (excludes halogenated alkanes) is 14. The van der Waals surface area contributed by atoms with Gasteiger partial charge in [0.25, 0.3) is 0 Å². The summed E-state index contributed by atoms with van der Waals surface area (Å²) in [5.41, 5.74) is 0. The molecule has 0 aromatic rings. The van der Waals surface area contributed by atoms with E-state index in [0.29, 0.717) is 6.42 Å². The van der Waals surface area contributed by atoms with Crippen molar-refractivity contribution >= 4 is 11.7 Å². The molecule has 0 saturated carbocycles. The van der Waals surface area contributed by atoms with Crippen LogP contribution in [0.25, 0.3) is 0 Å². The predicted molar refractivity (Wildman–Crippen MR) is 108 cm³/mol. The quantitative estimate of drug-likeness (QED) is 0.225. The minimum Gasteiger partial charge on any atom is -0.345 e. The van der Waals surface area contributed by atoms with Crippen LogP contribution in [0.15, 0.2) is 12.7 Å². The van der Waals surface area contributed by atoms with E-state index in [1.54, 1.807) is 0 Å². The Labute approximate surface area is 156 Å². The monoisotopic (exact) mass is 351 g/mol. The number of nitrogens with one attached hydrogen (secondary N) is 1. The third kappa shape index (κ3) is 19.1. The molecule has 3 nitrogen and oxygen atoms in total. The lowest BCUT2D eigenvalue weighted by molar-refractivity contribution is -0.122. The maximum atomic E-state index is 11.5. The van der Waals surface area contributed by atoms with E-state index in [1.807, 2.05) is 0 Å².